The van der Waals surface area contributed by atoms with Crippen molar-refractivity contribution in [2.75, 3.05) is 39.5 Å². The lowest BCUT2D eigenvalue weighted by molar-refractivity contribution is 0.0731. The van der Waals surface area contributed by atoms with Crippen molar-refractivity contribution in [3.8, 4) is 16.9 Å². The van der Waals surface area contributed by atoms with Gasteiger partial charge in [0.25, 0.3) is 11.8 Å². The average Bonchev–Trinajstić information content (AvgIpc) is 3.13. The quantitative estimate of drug-likeness (QED) is 0.491. The van der Waals surface area contributed by atoms with Gasteiger partial charge in [0.2, 0.25) is 0 Å². The van der Waals surface area contributed by atoms with Crippen LogP contribution in [0.25, 0.3) is 11.1 Å². The summed E-state index contributed by atoms with van der Waals surface area (Å²) in [5.41, 5.74) is 3.44. The van der Waals surface area contributed by atoms with E-state index in [9.17, 15) is 18.0 Å². The van der Waals surface area contributed by atoms with Crippen LogP contribution in [0.3, 0.4) is 0 Å². The number of carbonyl (C=O) groups is 2. The van der Waals surface area contributed by atoms with Crippen LogP contribution in [-0.4, -0.2) is 75.6 Å². The van der Waals surface area contributed by atoms with Crippen LogP contribution in [-0.2, 0) is 22.8 Å². The molecule has 2 heterocycles. The monoisotopic (exact) mass is 565 g/mol. The summed E-state index contributed by atoms with van der Waals surface area (Å²) in [4.78, 5) is 29.4. The number of amides is 2. The molecule has 1 N–H and O–H groups in total. The van der Waals surface area contributed by atoms with E-state index in [0.29, 0.717) is 17.9 Å². The van der Waals surface area contributed by atoms with Gasteiger partial charge in [-0.3, -0.25) is 9.59 Å². The van der Waals surface area contributed by atoms with E-state index < -0.39 is 20.5 Å². The van der Waals surface area contributed by atoms with Gasteiger partial charge in [-0.1, -0.05) is 25.1 Å². The Balaban J connectivity index is 1.36. The molecule has 210 valence electrons. The number of ether oxygens (including phenoxy) is 1. The van der Waals surface area contributed by atoms with E-state index in [0.717, 1.165) is 42.1 Å². The van der Waals surface area contributed by atoms with Gasteiger partial charge >= 0.3 is 0 Å². The van der Waals surface area contributed by atoms with Crippen molar-refractivity contribution in [2.45, 2.75) is 30.8 Å². The minimum Gasteiger partial charge on any atom is -0.491 e. The molecule has 0 aliphatic carbocycles. The molecule has 5 rings (SSSR count). The number of likely N-dealkylation sites (N-methyl/N-ethyl adjacent to an activating group) is 1. The molecule has 0 atom stereocenters. The zero-order valence-electron chi connectivity index (χ0n) is 22.7. The largest absolute Gasteiger partial charge is 0.491 e. The zero-order chi connectivity index (χ0) is 28.6. The number of hydrogen-bond donors (Lipinski definition) is 1. The summed E-state index contributed by atoms with van der Waals surface area (Å²) in [6.07, 6.45) is 1.12. The van der Waals surface area contributed by atoms with Gasteiger partial charge in [0.1, 0.15) is 23.1 Å². The third-order valence-electron chi connectivity index (χ3n) is 7.40. The second-order valence-corrected chi connectivity index (χ2v) is 12.4. The number of rotatable bonds is 6. The number of nitrogens with one attached hydrogen (secondary N) is 1. The van der Waals surface area contributed by atoms with Gasteiger partial charge in [0, 0.05) is 48.1 Å². The van der Waals surface area contributed by atoms with E-state index >= 15 is 4.39 Å². The second kappa shape index (κ2) is 11.0. The lowest BCUT2D eigenvalue weighted by Crippen LogP contribution is -2.57. The fraction of sp³-hybridized carbons (Fsp3) is 0.333. The molecule has 2 amide bonds. The topological polar surface area (TPSA) is 96.0 Å². The molecular formula is C30H32FN3O5S. The maximum Gasteiger partial charge on any atom is 0.254 e. The third-order valence-corrected chi connectivity index (χ3v) is 8.51. The van der Waals surface area contributed by atoms with Crippen molar-refractivity contribution in [1.29, 1.82) is 0 Å². The molecule has 40 heavy (non-hydrogen) atoms. The fourth-order valence-corrected chi connectivity index (χ4v) is 5.99. The average molecular weight is 566 g/mol. The van der Waals surface area contributed by atoms with Crippen molar-refractivity contribution in [2.24, 2.45) is 0 Å². The van der Waals surface area contributed by atoms with E-state index in [1.807, 2.05) is 37.4 Å². The maximum absolute atomic E-state index is 15.1. The number of likely N-dealkylation sites (tertiary alicyclic amines) is 1. The first-order valence-electron chi connectivity index (χ1n) is 13.2. The molecule has 3 aromatic rings. The van der Waals surface area contributed by atoms with E-state index in [4.69, 9.17) is 4.74 Å². The van der Waals surface area contributed by atoms with Crippen LogP contribution in [0.5, 0.6) is 5.75 Å². The highest BCUT2D eigenvalue weighted by Gasteiger charge is 2.27. The van der Waals surface area contributed by atoms with Crippen molar-refractivity contribution in [3.05, 3.63) is 82.7 Å². The molecule has 2 aliphatic heterocycles. The Morgan fingerprint density at radius 1 is 1.05 bits per heavy atom. The van der Waals surface area contributed by atoms with Crippen LogP contribution >= 0.6 is 0 Å². The van der Waals surface area contributed by atoms with Gasteiger partial charge in [-0.05, 0) is 61.0 Å². The molecule has 0 spiro atoms. The van der Waals surface area contributed by atoms with Crippen LogP contribution in [0.4, 0.5) is 4.39 Å². The number of halogens is 1. The van der Waals surface area contributed by atoms with Crippen molar-refractivity contribution in [3.63, 3.8) is 0 Å². The standard InChI is InChI=1S/C30H32FN3O5S/c1-4-24-25(10-12-27(28(24)31)40(3,37)38)30(36)34-13-14-39-26-11-9-21(15-22(26)16-34)19-5-7-20(8-6-19)29(35)32-23-17-33(2)18-23/h5-12,15,23H,4,13-14,16-18H2,1-3H3,(H,32,35). The Labute approximate surface area is 233 Å². The summed E-state index contributed by atoms with van der Waals surface area (Å²) in [6.45, 7) is 4.20. The zero-order valence-corrected chi connectivity index (χ0v) is 23.6. The van der Waals surface area contributed by atoms with Gasteiger partial charge in [-0.2, -0.15) is 0 Å². The molecule has 0 bridgehead atoms. The number of carbonyl (C=O) groups excluding carboxylic acids is 2. The maximum atomic E-state index is 15.1. The Morgan fingerprint density at radius 2 is 1.75 bits per heavy atom. The molecule has 10 heteroatoms. The summed E-state index contributed by atoms with van der Waals surface area (Å²) < 4.78 is 45.0. The summed E-state index contributed by atoms with van der Waals surface area (Å²) in [5, 5.41) is 3.03. The normalized spacial score (nSPS) is 15.9. The van der Waals surface area contributed by atoms with Crippen LogP contribution in [0, 0.1) is 5.82 Å². The fourth-order valence-electron chi connectivity index (χ4n) is 5.22. The predicted molar refractivity (Wildman–Crippen MR) is 150 cm³/mol. The van der Waals surface area contributed by atoms with E-state index in [1.165, 1.54) is 6.07 Å². The first kappa shape index (κ1) is 27.8. The number of nitrogens with zero attached hydrogens (tertiary/aromatic N) is 2. The van der Waals surface area contributed by atoms with Crippen LogP contribution in [0.15, 0.2) is 59.5 Å². The first-order valence-corrected chi connectivity index (χ1v) is 15.1. The minimum atomic E-state index is -3.77. The SMILES string of the molecule is CCc1c(C(=O)N2CCOc3ccc(-c4ccc(C(=O)NC5CN(C)C5)cc4)cc3C2)ccc(S(C)(=O)=O)c1F. The Morgan fingerprint density at radius 3 is 2.40 bits per heavy atom. The van der Waals surface area contributed by atoms with Gasteiger partial charge in [0.15, 0.2) is 9.84 Å². The van der Waals surface area contributed by atoms with E-state index in [1.54, 1.807) is 24.0 Å². The summed E-state index contributed by atoms with van der Waals surface area (Å²) in [7, 11) is -1.76. The van der Waals surface area contributed by atoms with Gasteiger partial charge in [0.05, 0.1) is 12.6 Å². The van der Waals surface area contributed by atoms with Crippen molar-refractivity contribution < 1.29 is 27.1 Å². The summed E-state index contributed by atoms with van der Waals surface area (Å²) >= 11 is 0. The van der Waals surface area contributed by atoms with E-state index in [2.05, 4.69) is 10.2 Å². The molecule has 1 saturated heterocycles. The number of benzene rings is 3. The molecule has 0 aromatic heterocycles. The molecule has 0 unspecified atom stereocenters. The lowest BCUT2D eigenvalue weighted by atomic mass is 10.00. The number of hydrogen-bond acceptors (Lipinski definition) is 6. The molecule has 2 aliphatic rings. The van der Waals surface area contributed by atoms with Crippen molar-refractivity contribution >= 4 is 21.7 Å². The Hall–Kier alpha value is -3.76. The van der Waals surface area contributed by atoms with Crippen LogP contribution in [0.2, 0.25) is 0 Å². The second-order valence-electron chi connectivity index (χ2n) is 10.4. The number of fused-ring (bicyclic) bond motifs is 1. The number of sulfone groups is 1. The minimum absolute atomic E-state index is 0.0838. The molecule has 0 saturated carbocycles. The molecular weight excluding hydrogens is 533 g/mol. The Kier molecular flexibility index (Phi) is 7.65. The van der Waals surface area contributed by atoms with Crippen LogP contribution in [0.1, 0.15) is 38.8 Å². The summed E-state index contributed by atoms with van der Waals surface area (Å²) in [6, 6.07) is 15.9. The molecule has 8 nitrogen and oxygen atoms in total. The first-order chi connectivity index (χ1) is 19.0. The highest BCUT2D eigenvalue weighted by atomic mass is 32.2. The summed E-state index contributed by atoms with van der Waals surface area (Å²) in [5.74, 6) is -0.691. The molecule has 0 radical (unpaired) electrons. The molecule has 1 fully saturated rings. The van der Waals surface area contributed by atoms with Crippen LogP contribution < -0.4 is 10.1 Å². The van der Waals surface area contributed by atoms with Gasteiger partial charge < -0.3 is 19.9 Å². The van der Waals surface area contributed by atoms with Crippen molar-refractivity contribution in [1.82, 2.24) is 15.1 Å². The predicted octanol–water partition coefficient (Wildman–Crippen LogP) is 3.54. The highest BCUT2D eigenvalue weighted by molar-refractivity contribution is 7.90. The Bertz CT molecular complexity index is 1570. The lowest BCUT2D eigenvalue weighted by Gasteiger charge is -2.36. The van der Waals surface area contributed by atoms with Gasteiger partial charge in [-0.25, -0.2) is 12.8 Å². The smallest absolute Gasteiger partial charge is 0.254 e. The molecule has 3 aromatic carbocycles. The third kappa shape index (κ3) is 5.59. The highest BCUT2D eigenvalue weighted by Crippen LogP contribution is 2.31. The van der Waals surface area contributed by atoms with Gasteiger partial charge in [-0.15, -0.1) is 0 Å². The van der Waals surface area contributed by atoms with E-state index in [-0.39, 0.29) is 48.6 Å².